The first kappa shape index (κ1) is 22.6. The number of ether oxygens (including phenoxy) is 2. The normalized spacial score (nSPS) is 11.3. The van der Waals surface area contributed by atoms with Crippen LogP contribution in [0.15, 0.2) is 36.7 Å². The van der Waals surface area contributed by atoms with Crippen LogP contribution < -0.4 is 14.8 Å². The highest BCUT2D eigenvalue weighted by Gasteiger charge is 2.14. The third-order valence-corrected chi connectivity index (χ3v) is 5.17. The number of nitrogens with zero attached hydrogens (tertiary/aromatic N) is 4. The van der Waals surface area contributed by atoms with E-state index in [4.69, 9.17) is 9.47 Å². The van der Waals surface area contributed by atoms with Crippen LogP contribution in [0.1, 0.15) is 44.1 Å². The number of fused-ring (bicyclic) bond motifs is 1. The van der Waals surface area contributed by atoms with E-state index in [2.05, 4.69) is 34.1 Å². The summed E-state index contributed by atoms with van der Waals surface area (Å²) in [6, 6.07) is 7.35. The minimum atomic E-state index is -0.244. The number of hydrogen-bond donors (Lipinski definition) is 1. The zero-order valence-corrected chi connectivity index (χ0v) is 18.9. The zero-order chi connectivity index (χ0) is 22.4. The summed E-state index contributed by atoms with van der Waals surface area (Å²) in [5, 5.41) is 8.10. The van der Waals surface area contributed by atoms with E-state index in [0.717, 1.165) is 30.7 Å². The van der Waals surface area contributed by atoms with E-state index in [1.165, 1.54) is 0 Å². The molecule has 0 saturated carbocycles. The van der Waals surface area contributed by atoms with Gasteiger partial charge in [0, 0.05) is 35.9 Å². The molecule has 3 rings (SSSR count). The van der Waals surface area contributed by atoms with Gasteiger partial charge in [0.1, 0.15) is 6.61 Å². The van der Waals surface area contributed by atoms with Gasteiger partial charge in [0.05, 0.1) is 18.9 Å². The predicted octanol–water partition coefficient (Wildman–Crippen LogP) is 3.99. The minimum absolute atomic E-state index is 0.198. The Hall–Kier alpha value is -3.13. The van der Waals surface area contributed by atoms with Gasteiger partial charge in [-0.2, -0.15) is 5.10 Å². The third-order valence-electron chi connectivity index (χ3n) is 5.17. The quantitative estimate of drug-likeness (QED) is 0.529. The van der Waals surface area contributed by atoms with Crippen LogP contribution in [-0.2, 0) is 0 Å². The lowest BCUT2D eigenvalue weighted by atomic mass is 10.2. The first-order valence-electron chi connectivity index (χ1n) is 10.6. The number of rotatable bonds is 10. The second-order valence-corrected chi connectivity index (χ2v) is 7.51. The number of benzene rings is 1. The highest BCUT2D eigenvalue weighted by atomic mass is 16.5. The van der Waals surface area contributed by atoms with Crippen LogP contribution in [0.25, 0.3) is 11.0 Å². The Balaban J connectivity index is 1.72. The molecule has 166 valence electrons. The molecule has 0 spiro atoms. The van der Waals surface area contributed by atoms with Gasteiger partial charge < -0.3 is 19.7 Å². The molecule has 3 aromatic rings. The minimum Gasteiger partial charge on any atom is -0.493 e. The summed E-state index contributed by atoms with van der Waals surface area (Å²) in [6.07, 6.45) is 3.30. The van der Waals surface area contributed by atoms with Gasteiger partial charge in [0.25, 0.3) is 5.91 Å². The van der Waals surface area contributed by atoms with Crippen molar-refractivity contribution in [2.45, 2.75) is 33.7 Å². The third kappa shape index (κ3) is 5.32. The van der Waals surface area contributed by atoms with Crippen molar-refractivity contribution in [3.63, 3.8) is 0 Å². The molecule has 0 aliphatic carbocycles. The molecule has 31 heavy (non-hydrogen) atoms. The van der Waals surface area contributed by atoms with Crippen LogP contribution in [0.2, 0.25) is 0 Å². The Morgan fingerprint density at radius 1 is 1.16 bits per heavy atom. The van der Waals surface area contributed by atoms with Gasteiger partial charge >= 0.3 is 0 Å². The molecule has 0 unspecified atom stereocenters. The number of carbonyl (C=O) groups is 1. The summed E-state index contributed by atoms with van der Waals surface area (Å²) >= 11 is 0. The molecular weight excluding hydrogens is 394 g/mol. The maximum Gasteiger partial charge on any atom is 0.257 e. The summed E-state index contributed by atoms with van der Waals surface area (Å²) in [5.41, 5.74) is 1.86. The van der Waals surface area contributed by atoms with E-state index in [0.29, 0.717) is 29.4 Å². The fraction of sp³-hybridized carbons (Fsp3) is 0.435. The number of nitrogens with one attached hydrogen (secondary N) is 1. The summed E-state index contributed by atoms with van der Waals surface area (Å²) in [4.78, 5) is 19.5. The van der Waals surface area contributed by atoms with E-state index in [9.17, 15) is 4.79 Å². The van der Waals surface area contributed by atoms with Gasteiger partial charge in [0.15, 0.2) is 17.1 Å². The summed E-state index contributed by atoms with van der Waals surface area (Å²) in [7, 11) is 1.60. The van der Waals surface area contributed by atoms with Gasteiger partial charge in [-0.05, 0) is 45.1 Å². The lowest BCUT2D eigenvalue weighted by Gasteiger charge is -2.19. The van der Waals surface area contributed by atoms with E-state index >= 15 is 0 Å². The molecule has 1 amide bonds. The molecule has 0 saturated heterocycles. The average Bonchev–Trinajstić information content (AvgIpc) is 3.20. The molecule has 0 atom stereocenters. The Kier molecular flexibility index (Phi) is 7.46. The number of amides is 1. The zero-order valence-electron chi connectivity index (χ0n) is 18.9. The highest BCUT2D eigenvalue weighted by molar-refractivity contribution is 6.05. The number of carbonyl (C=O) groups excluding carboxylic acids is 1. The first-order chi connectivity index (χ1) is 15.0. The number of aromatic nitrogens is 3. The monoisotopic (exact) mass is 425 g/mol. The number of anilines is 1. The molecule has 1 N–H and O–H groups in total. The molecule has 0 radical (unpaired) electrons. The van der Waals surface area contributed by atoms with E-state index in [1.807, 2.05) is 18.5 Å². The van der Waals surface area contributed by atoms with E-state index < -0.39 is 0 Å². The van der Waals surface area contributed by atoms with E-state index in [-0.39, 0.29) is 11.9 Å². The smallest absolute Gasteiger partial charge is 0.257 e. The van der Waals surface area contributed by atoms with Crippen LogP contribution in [0.4, 0.5) is 5.69 Å². The van der Waals surface area contributed by atoms with Crippen molar-refractivity contribution in [3.05, 3.63) is 42.2 Å². The highest BCUT2D eigenvalue weighted by Crippen LogP contribution is 2.30. The summed E-state index contributed by atoms with van der Waals surface area (Å²) in [6.45, 7) is 11.6. The predicted molar refractivity (Wildman–Crippen MR) is 122 cm³/mol. The first-order valence-corrected chi connectivity index (χ1v) is 10.6. The van der Waals surface area contributed by atoms with Crippen molar-refractivity contribution in [1.82, 2.24) is 19.7 Å². The molecule has 1 aromatic carbocycles. The molecule has 0 bridgehead atoms. The van der Waals surface area contributed by atoms with Crippen molar-refractivity contribution in [3.8, 4) is 11.5 Å². The molecule has 0 fully saturated rings. The summed E-state index contributed by atoms with van der Waals surface area (Å²) in [5.74, 6) is 0.979. The van der Waals surface area contributed by atoms with Crippen molar-refractivity contribution in [2.75, 3.05) is 38.7 Å². The van der Waals surface area contributed by atoms with Gasteiger partial charge in [-0.3, -0.25) is 4.79 Å². The number of likely N-dealkylation sites (N-methyl/N-ethyl adjacent to an activating group) is 1. The number of hydrogen-bond acceptors (Lipinski definition) is 6. The average molecular weight is 426 g/mol. The van der Waals surface area contributed by atoms with Crippen LogP contribution in [0.3, 0.4) is 0 Å². The van der Waals surface area contributed by atoms with E-state index in [1.54, 1.807) is 43.8 Å². The maximum atomic E-state index is 12.8. The van der Waals surface area contributed by atoms with Crippen molar-refractivity contribution < 1.29 is 14.3 Å². The summed E-state index contributed by atoms with van der Waals surface area (Å²) < 4.78 is 13.2. The fourth-order valence-corrected chi connectivity index (χ4v) is 3.34. The topological polar surface area (TPSA) is 81.5 Å². The largest absolute Gasteiger partial charge is 0.493 e. The lowest BCUT2D eigenvalue weighted by Crippen LogP contribution is -2.28. The molecule has 8 heteroatoms. The standard InChI is InChI=1S/C23H31N5O3/c1-6-27(7-2)10-11-31-21-13-19(8-9-20(21)30-5)26-23(29)18-12-17-15-25-28(16(3)4)22(17)24-14-18/h8-9,12-16H,6-7,10-11H2,1-5H3,(H,26,29). The Morgan fingerprint density at radius 2 is 1.94 bits per heavy atom. The number of pyridine rings is 1. The molecule has 0 aliphatic heterocycles. The van der Waals surface area contributed by atoms with Crippen molar-refractivity contribution in [2.24, 2.45) is 0 Å². The Morgan fingerprint density at radius 3 is 2.61 bits per heavy atom. The number of methoxy groups -OCH3 is 1. The van der Waals surface area contributed by atoms with Crippen molar-refractivity contribution >= 4 is 22.6 Å². The fourth-order valence-electron chi connectivity index (χ4n) is 3.34. The SMILES string of the molecule is CCN(CC)CCOc1cc(NC(=O)c2cnc3c(cnn3C(C)C)c2)ccc1OC. The molecule has 2 aromatic heterocycles. The van der Waals surface area contributed by atoms with Gasteiger partial charge in [-0.1, -0.05) is 13.8 Å². The van der Waals surface area contributed by atoms with Crippen LogP contribution in [0.5, 0.6) is 11.5 Å². The second kappa shape index (κ2) is 10.3. The Labute approximate surface area is 183 Å². The Bertz CT molecular complexity index is 1030. The molecule has 0 aliphatic rings. The maximum absolute atomic E-state index is 12.8. The van der Waals surface area contributed by atoms with Gasteiger partial charge in [-0.15, -0.1) is 0 Å². The molecule has 2 heterocycles. The van der Waals surface area contributed by atoms with Crippen LogP contribution in [-0.4, -0.2) is 58.9 Å². The molecular formula is C23H31N5O3. The molecule has 8 nitrogen and oxygen atoms in total. The second-order valence-electron chi connectivity index (χ2n) is 7.51. The van der Waals surface area contributed by atoms with Gasteiger partial charge in [-0.25, -0.2) is 9.67 Å². The lowest BCUT2D eigenvalue weighted by molar-refractivity contribution is 0.102. The van der Waals surface area contributed by atoms with Crippen molar-refractivity contribution in [1.29, 1.82) is 0 Å². The van der Waals surface area contributed by atoms with Gasteiger partial charge in [0.2, 0.25) is 0 Å². The van der Waals surface area contributed by atoms with Crippen LogP contribution >= 0.6 is 0 Å². The van der Waals surface area contributed by atoms with Crippen LogP contribution in [0, 0.1) is 0 Å².